The fraction of sp³-hybridized carbons (Fsp3) is 0.316. The van der Waals surface area contributed by atoms with E-state index < -0.39 is 0 Å². The van der Waals surface area contributed by atoms with Gasteiger partial charge in [-0.05, 0) is 42.3 Å². The number of halogens is 1. The zero-order chi connectivity index (χ0) is 16.9. The van der Waals surface area contributed by atoms with Gasteiger partial charge >= 0.3 is 0 Å². The molecule has 0 aromatic heterocycles. The molecule has 24 heavy (non-hydrogen) atoms. The summed E-state index contributed by atoms with van der Waals surface area (Å²) in [6.07, 6.45) is 0. The van der Waals surface area contributed by atoms with Crippen LogP contribution in [0.15, 0.2) is 54.6 Å². The summed E-state index contributed by atoms with van der Waals surface area (Å²) < 4.78 is 0. The number of anilines is 1. The summed E-state index contributed by atoms with van der Waals surface area (Å²) in [5.41, 5.74) is 8.01. The van der Waals surface area contributed by atoms with Crippen LogP contribution in [-0.4, -0.2) is 37.0 Å². The second-order valence-corrected chi connectivity index (χ2v) is 6.70. The highest BCUT2D eigenvalue weighted by atomic mass is 35.5. The quantitative estimate of drug-likeness (QED) is 0.877. The molecule has 1 heterocycles. The zero-order valence-electron chi connectivity index (χ0n) is 13.5. The van der Waals surface area contributed by atoms with Crippen molar-refractivity contribution >= 4 is 23.2 Å². The van der Waals surface area contributed by atoms with E-state index in [1.165, 1.54) is 5.56 Å². The van der Waals surface area contributed by atoms with Crippen molar-refractivity contribution < 1.29 is 4.79 Å². The largest absolute Gasteiger partial charge is 0.330 e. The van der Waals surface area contributed by atoms with Crippen molar-refractivity contribution in [2.24, 2.45) is 11.7 Å². The molecule has 1 fully saturated rings. The van der Waals surface area contributed by atoms with Gasteiger partial charge in [-0.1, -0.05) is 41.9 Å². The van der Waals surface area contributed by atoms with Crippen LogP contribution in [-0.2, 0) is 4.79 Å². The molecule has 2 atom stereocenters. The van der Waals surface area contributed by atoms with E-state index in [2.05, 4.69) is 34.5 Å². The lowest BCUT2D eigenvalue weighted by Crippen LogP contribution is -2.32. The highest BCUT2D eigenvalue weighted by Gasteiger charge is 2.33. The summed E-state index contributed by atoms with van der Waals surface area (Å²) in [7, 11) is 0. The van der Waals surface area contributed by atoms with Crippen molar-refractivity contribution in [1.29, 1.82) is 0 Å². The third-order valence-electron chi connectivity index (χ3n) is 4.54. The van der Waals surface area contributed by atoms with Gasteiger partial charge in [-0.15, -0.1) is 0 Å². The molecule has 0 saturated carbocycles. The number of rotatable bonds is 5. The fourth-order valence-corrected chi connectivity index (χ4v) is 3.47. The van der Waals surface area contributed by atoms with E-state index in [-0.39, 0.29) is 5.91 Å². The number of likely N-dealkylation sites (tertiary alicyclic amines) is 1. The number of hydrogen-bond acceptors (Lipinski definition) is 3. The fourth-order valence-electron chi connectivity index (χ4n) is 3.34. The van der Waals surface area contributed by atoms with Crippen LogP contribution in [0, 0.1) is 5.92 Å². The molecule has 3 rings (SSSR count). The molecule has 0 radical (unpaired) electrons. The van der Waals surface area contributed by atoms with Gasteiger partial charge in [0.15, 0.2) is 0 Å². The number of carbonyl (C=O) groups is 1. The van der Waals surface area contributed by atoms with Crippen LogP contribution in [0.3, 0.4) is 0 Å². The Labute approximate surface area is 147 Å². The van der Waals surface area contributed by atoms with E-state index in [0.29, 0.717) is 29.9 Å². The summed E-state index contributed by atoms with van der Waals surface area (Å²) in [5.74, 6) is 0.761. The summed E-state index contributed by atoms with van der Waals surface area (Å²) in [4.78, 5) is 14.5. The summed E-state index contributed by atoms with van der Waals surface area (Å²) >= 11 is 5.86. The van der Waals surface area contributed by atoms with Crippen molar-refractivity contribution in [3.8, 4) is 0 Å². The van der Waals surface area contributed by atoms with E-state index in [1.807, 2.05) is 6.07 Å². The van der Waals surface area contributed by atoms with Crippen LogP contribution in [0.25, 0.3) is 0 Å². The second-order valence-electron chi connectivity index (χ2n) is 6.26. The smallest absolute Gasteiger partial charge is 0.238 e. The normalized spacial score (nSPS) is 20.9. The minimum atomic E-state index is -0.0122. The summed E-state index contributed by atoms with van der Waals surface area (Å²) in [6.45, 7) is 2.72. The molecule has 1 aliphatic rings. The molecule has 2 aromatic carbocycles. The van der Waals surface area contributed by atoms with E-state index in [0.717, 1.165) is 18.8 Å². The number of nitrogens with two attached hydrogens (primary N) is 1. The topological polar surface area (TPSA) is 58.4 Å². The SMILES string of the molecule is NC[C@@H]1CN(CC(=O)Nc2ccc(Cl)cc2)C[C@H]1c1ccccc1. The average molecular weight is 344 g/mol. The van der Waals surface area contributed by atoms with Gasteiger partial charge in [0.25, 0.3) is 0 Å². The van der Waals surface area contributed by atoms with Crippen molar-refractivity contribution in [2.45, 2.75) is 5.92 Å². The third kappa shape index (κ3) is 4.15. The van der Waals surface area contributed by atoms with Gasteiger partial charge in [-0.3, -0.25) is 9.69 Å². The van der Waals surface area contributed by atoms with Gasteiger partial charge in [0.2, 0.25) is 5.91 Å². The van der Waals surface area contributed by atoms with Gasteiger partial charge in [-0.2, -0.15) is 0 Å². The maximum absolute atomic E-state index is 12.3. The molecular formula is C19H22ClN3O. The van der Waals surface area contributed by atoms with Crippen LogP contribution < -0.4 is 11.1 Å². The zero-order valence-corrected chi connectivity index (χ0v) is 14.2. The van der Waals surface area contributed by atoms with Crippen LogP contribution in [0.2, 0.25) is 5.02 Å². The molecule has 4 nitrogen and oxygen atoms in total. The minimum absolute atomic E-state index is 0.0122. The van der Waals surface area contributed by atoms with Crippen molar-refractivity contribution in [3.05, 3.63) is 65.2 Å². The first-order chi connectivity index (χ1) is 11.7. The molecular weight excluding hydrogens is 322 g/mol. The Kier molecular flexibility index (Phi) is 5.51. The number of carbonyl (C=O) groups excluding carboxylic acids is 1. The van der Waals surface area contributed by atoms with Crippen LogP contribution in [0.1, 0.15) is 11.5 Å². The van der Waals surface area contributed by atoms with Crippen molar-refractivity contribution in [2.75, 3.05) is 31.5 Å². The molecule has 3 N–H and O–H groups in total. The number of nitrogens with one attached hydrogen (secondary N) is 1. The highest BCUT2D eigenvalue weighted by Crippen LogP contribution is 2.31. The van der Waals surface area contributed by atoms with Gasteiger partial charge in [0.1, 0.15) is 0 Å². The Hall–Kier alpha value is -1.88. The molecule has 1 amide bonds. The minimum Gasteiger partial charge on any atom is -0.330 e. The molecule has 0 bridgehead atoms. The van der Waals surface area contributed by atoms with Crippen LogP contribution >= 0.6 is 11.6 Å². The molecule has 1 saturated heterocycles. The van der Waals surface area contributed by atoms with Crippen LogP contribution in [0.4, 0.5) is 5.69 Å². The molecule has 0 unspecified atom stereocenters. The predicted molar refractivity (Wildman–Crippen MR) is 98.2 cm³/mol. The third-order valence-corrected chi connectivity index (χ3v) is 4.79. The summed E-state index contributed by atoms with van der Waals surface area (Å²) in [6, 6.07) is 17.6. The highest BCUT2D eigenvalue weighted by molar-refractivity contribution is 6.30. The predicted octanol–water partition coefficient (Wildman–Crippen LogP) is 2.95. The van der Waals surface area contributed by atoms with E-state index >= 15 is 0 Å². The molecule has 126 valence electrons. The van der Waals surface area contributed by atoms with Crippen molar-refractivity contribution in [1.82, 2.24) is 4.90 Å². The maximum atomic E-state index is 12.3. The average Bonchev–Trinajstić information content (AvgIpc) is 3.00. The lowest BCUT2D eigenvalue weighted by molar-refractivity contribution is -0.117. The monoisotopic (exact) mass is 343 g/mol. The molecule has 1 aliphatic heterocycles. The van der Waals surface area contributed by atoms with E-state index in [4.69, 9.17) is 17.3 Å². The van der Waals surface area contributed by atoms with Gasteiger partial charge in [-0.25, -0.2) is 0 Å². The van der Waals surface area contributed by atoms with Gasteiger partial charge in [0.05, 0.1) is 6.54 Å². The number of amides is 1. The van der Waals surface area contributed by atoms with Crippen LogP contribution in [0.5, 0.6) is 0 Å². The standard InChI is InChI=1S/C19H22ClN3O/c20-16-6-8-17(9-7-16)22-19(24)13-23-11-15(10-21)18(12-23)14-4-2-1-3-5-14/h1-9,15,18H,10-13,21H2,(H,22,24)/t15-,18+/m1/s1. The lowest BCUT2D eigenvalue weighted by Gasteiger charge is -2.16. The molecule has 0 aliphatic carbocycles. The molecule has 0 spiro atoms. The van der Waals surface area contributed by atoms with Gasteiger partial charge in [0, 0.05) is 29.7 Å². The summed E-state index contributed by atoms with van der Waals surface area (Å²) in [5, 5.41) is 3.57. The second kappa shape index (κ2) is 7.79. The van der Waals surface area contributed by atoms with E-state index in [1.54, 1.807) is 24.3 Å². The molecule has 5 heteroatoms. The van der Waals surface area contributed by atoms with Crippen molar-refractivity contribution in [3.63, 3.8) is 0 Å². The first-order valence-corrected chi connectivity index (χ1v) is 8.56. The number of hydrogen-bond donors (Lipinski definition) is 2. The lowest BCUT2D eigenvalue weighted by atomic mass is 9.89. The maximum Gasteiger partial charge on any atom is 0.238 e. The number of benzene rings is 2. The Bertz CT molecular complexity index is 675. The Morgan fingerprint density at radius 1 is 1.12 bits per heavy atom. The molecule has 2 aromatic rings. The Morgan fingerprint density at radius 2 is 1.83 bits per heavy atom. The Balaban J connectivity index is 1.59. The van der Waals surface area contributed by atoms with E-state index in [9.17, 15) is 4.79 Å². The number of nitrogens with zero attached hydrogens (tertiary/aromatic N) is 1. The first kappa shape index (κ1) is 17.0. The van der Waals surface area contributed by atoms with Gasteiger partial charge < -0.3 is 11.1 Å². The first-order valence-electron chi connectivity index (χ1n) is 8.18. The Morgan fingerprint density at radius 3 is 2.50 bits per heavy atom.